The molecule has 7 nitrogen and oxygen atoms in total. The number of likely N-dealkylation sites (N-methyl/N-ethyl adjacent to an activating group) is 1. The zero-order chi connectivity index (χ0) is 19.7. The summed E-state index contributed by atoms with van der Waals surface area (Å²) in [6, 6.07) is 7.33. The molecular weight excluding hydrogens is 396 g/mol. The number of thiazole rings is 1. The van der Waals surface area contributed by atoms with Crippen molar-refractivity contribution in [1.82, 2.24) is 9.97 Å². The van der Waals surface area contributed by atoms with Gasteiger partial charge in [0.05, 0.1) is 16.2 Å². The quantitative estimate of drug-likeness (QED) is 0.477. The molecule has 3 aromatic heterocycles. The Morgan fingerprint density at radius 3 is 2.89 bits per heavy atom. The van der Waals surface area contributed by atoms with Crippen LogP contribution in [-0.4, -0.2) is 42.7 Å². The minimum absolute atomic E-state index is 0.150. The van der Waals surface area contributed by atoms with Crippen molar-refractivity contribution in [3.63, 3.8) is 0 Å². The van der Waals surface area contributed by atoms with E-state index in [0.29, 0.717) is 28.6 Å². The second-order valence-electron chi connectivity index (χ2n) is 6.22. The molecule has 28 heavy (non-hydrogen) atoms. The van der Waals surface area contributed by atoms with Gasteiger partial charge in [-0.3, -0.25) is 4.79 Å². The number of benzene rings is 1. The fourth-order valence-electron chi connectivity index (χ4n) is 2.87. The van der Waals surface area contributed by atoms with Crippen molar-refractivity contribution in [3.8, 4) is 0 Å². The Kier molecular flexibility index (Phi) is 5.29. The van der Waals surface area contributed by atoms with Gasteiger partial charge in [0.1, 0.15) is 10.3 Å². The van der Waals surface area contributed by atoms with Crippen molar-refractivity contribution in [3.05, 3.63) is 35.0 Å². The van der Waals surface area contributed by atoms with Crippen molar-refractivity contribution in [1.29, 1.82) is 0 Å². The number of aryl methyl sites for hydroxylation is 1. The lowest BCUT2D eigenvalue weighted by atomic mass is 10.3. The Labute approximate surface area is 170 Å². The number of amides is 1. The molecule has 0 atom stereocenters. The Balaban J connectivity index is 1.51. The lowest BCUT2D eigenvalue weighted by molar-refractivity contribution is 0.103. The molecule has 1 amide bonds. The SMILES string of the molecule is CCN(CCOC)c1nc2sc(C(=O)Nc3ccc4oc(C)nc4c3)cc2s1. The van der Waals surface area contributed by atoms with Gasteiger partial charge >= 0.3 is 0 Å². The Morgan fingerprint density at radius 1 is 1.29 bits per heavy atom. The van der Waals surface area contributed by atoms with Crippen molar-refractivity contribution >= 4 is 60.0 Å². The summed E-state index contributed by atoms with van der Waals surface area (Å²) in [4.78, 5) is 25.3. The highest BCUT2D eigenvalue weighted by Gasteiger charge is 2.17. The largest absolute Gasteiger partial charge is 0.441 e. The number of carbonyl (C=O) groups excluding carboxylic acids is 1. The molecule has 1 aromatic carbocycles. The first-order chi connectivity index (χ1) is 13.6. The number of hydrogen-bond donors (Lipinski definition) is 1. The predicted molar refractivity (Wildman–Crippen MR) is 114 cm³/mol. The third kappa shape index (κ3) is 3.73. The molecule has 0 aliphatic rings. The second-order valence-corrected chi connectivity index (χ2v) is 8.26. The summed E-state index contributed by atoms with van der Waals surface area (Å²) >= 11 is 3.00. The number of fused-ring (bicyclic) bond motifs is 2. The highest BCUT2D eigenvalue weighted by molar-refractivity contribution is 7.29. The number of aromatic nitrogens is 2. The standard InChI is InChI=1S/C19H20N4O3S2/c1-4-23(7-8-25-3)19-22-18-16(28-19)10-15(27-18)17(24)21-12-5-6-14-13(9-12)20-11(2)26-14/h5-6,9-10H,4,7-8H2,1-3H3,(H,21,24). The van der Waals surface area contributed by atoms with E-state index in [-0.39, 0.29) is 5.91 Å². The van der Waals surface area contributed by atoms with Gasteiger partial charge in [-0.1, -0.05) is 11.3 Å². The van der Waals surface area contributed by atoms with Crippen LogP contribution in [0, 0.1) is 6.92 Å². The molecule has 0 radical (unpaired) electrons. The number of ether oxygens (including phenoxy) is 1. The van der Waals surface area contributed by atoms with E-state index in [4.69, 9.17) is 14.1 Å². The van der Waals surface area contributed by atoms with E-state index in [0.717, 1.165) is 33.3 Å². The van der Waals surface area contributed by atoms with E-state index < -0.39 is 0 Å². The van der Waals surface area contributed by atoms with Crippen molar-refractivity contribution in [2.45, 2.75) is 13.8 Å². The van der Waals surface area contributed by atoms with Gasteiger partial charge in [0.15, 0.2) is 16.6 Å². The number of nitrogens with zero attached hydrogens (tertiary/aromatic N) is 3. The summed E-state index contributed by atoms with van der Waals surface area (Å²) in [7, 11) is 1.70. The van der Waals surface area contributed by atoms with Crippen molar-refractivity contribution in [2.75, 3.05) is 37.0 Å². The number of nitrogens with one attached hydrogen (secondary N) is 1. The molecule has 3 heterocycles. The first kappa shape index (κ1) is 18.9. The lowest BCUT2D eigenvalue weighted by Crippen LogP contribution is -2.26. The van der Waals surface area contributed by atoms with Gasteiger partial charge in [-0.15, -0.1) is 11.3 Å². The molecule has 0 aliphatic carbocycles. The number of hydrogen-bond acceptors (Lipinski definition) is 8. The topological polar surface area (TPSA) is 80.5 Å². The molecule has 0 bridgehead atoms. The predicted octanol–water partition coefficient (Wildman–Crippen LogP) is 4.53. The van der Waals surface area contributed by atoms with Crippen LogP contribution in [0.4, 0.5) is 10.8 Å². The molecule has 0 aliphatic heterocycles. The van der Waals surface area contributed by atoms with Gasteiger partial charge in [-0.2, -0.15) is 0 Å². The van der Waals surface area contributed by atoms with Gasteiger partial charge in [0, 0.05) is 32.8 Å². The number of methoxy groups -OCH3 is 1. The molecule has 1 N–H and O–H groups in total. The molecule has 4 rings (SSSR count). The third-order valence-corrected chi connectivity index (χ3v) is 6.49. The van der Waals surface area contributed by atoms with Crippen LogP contribution >= 0.6 is 22.7 Å². The fourth-order valence-corrected chi connectivity index (χ4v) is 5.07. The van der Waals surface area contributed by atoms with Gasteiger partial charge in [-0.05, 0) is 31.2 Å². The van der Waals surface area contributed by atoms with Crippen LogP contribution in [0.15, 0.2) is 28.7 Å². The molecule has 0 fully saturated rings. The molecule has 0 saturated heterocycles. The van der Waals surface area contributed by atoms with Crippen LogP contribution in [0.1, 0.15) is 22.5 Å². The Bertz CT molecular complexity index is 1100. The number of oxazole rings is 1. The smallest absolute Gasteiger partial charge is 0.265 e. The van der Waals surface area contributed by atoms with Gasteiger partial charge in [-0.25, -0.2) is 9.97 Å². The summed E-state index contributed by atoms with van der Waals surface area (Å²) in [6.07, 6.45) is 0. The van der Waals surface area contributed by atoms with Crippen LogP contribution in [0.5, 0.6) is 0 Å². The highest BCUT2D eigenvalue weighted by Crippen LogP contribution is 2.35. The van der Waals surface area contributed by atoms with E-state index in [2.05, 4.69) is 22.1 Å². The fraction of sp³-hybridized carbons (Fsp3) is 0.316. The highest BCUT2D eigenvalue weighted by atomic mass is 32.1. The Hall–Kier alpha value is -2.49. The molecule has 0 spiro atoms. The maximum atomic E-state index is 12.6. The van der Waals surface area contributed by atoms with Crippen LogP contribution in [0.2, 0.25) is 0 Å². The number of carbonyl (C=O) groups is 1. The first-order valence-electron chi connectivity index (χ1n) is 8.90. The van der Waals surface area contributed by atoms with Gasteiger partial charge in [0.2, 0.25) is 0 Å². The third-order valence-electron chi connectivity index (χ3n) is 4.27. The van der Waals surface area contributed by atoms with E-state index in [1.807, 2.05) is 24.3 Å². The average Bonchev–Trinajstić information content (AvgIpc) is 3.34. The van der Waals surface area contributed by atoms with E-state index in [1.54, 1.807) is 25.4 Å². The number of thiophene rings is 1. The van der Waals surface area contributed by atoms with Crippen LogP contribution in [0.25, 0.3) is 20.6 Å². The van der Waals surface area contributed by atoms with Crippen molar-refractivity contribution in [2.24, 2.45) is 0 Å². The maximum Gasteiger partial charge on any atom is 0.265 e. The summed E-state index contributed by atoms with van der Waals surface area (Å²) in [5.41, 5.74) is 2.12. The molecule has 9 heteroatoms. The molecule has 4 aromatic rings. The van der Waals surface area contributed by atoms with E-state index >= 15 is 0 Å². The summed E-state index contributed by atoms with van der Waals surface area (Å²) in [6.45, 7) is 6.21. The summed E-state index contributed by atoms with van der Waals surface area (Å²) < 4.78 is 11.6. The lowest BCUT2D eigenvalue weighted by Gasteiger charge is -2.18. The van der Waals surface area contributed by atoms with E-state index in [1.165, 1.54) is 11.3 Å². The second kappa shape index (κ2) is 7.86. The average molecular weight is 417 g/mol. The zero-order valence-corrected chi connectivity index (χ0v) is 17.4. The normalized spacial score (nSPS) is 11.4. The molecule has 0 unspecified atom stereocenters. The van der Waals surface area contributed by atoms with Crippen LogP contribution in [-0.2, 0) is 4.74 Å². The maximum absolute atomic E-state index is 12.6. The zero-order valence-electron chi connectivity index (χ0n) is 15.8. The van der Waals surface area contributed by atoms with Crippen molar-refractivity contribution < 1.29 is 13.9 Å². The molecule has 0 saturated carbocycles. The molecular formula is C19H20N4O3S2. The van der Waals surface area contributed by atoms with Crippen LogP contribution < -0.4 is 10.2 Å². The first-order valence-corrected chi connectivity index (χ1v) is 10.5. The molecule has 146 valence electrons. The Morgan fingerprint density at radius 2 is 2.14 bits per heavy atom. The van der Waals surface area contributed by atoms with Gasteiger partial charge < -0.3 is 19.4 Å². The summed E-state index contributed by atoms with van der Waals surface area (Å²) in [5, 5.41) is 3.88. The number of anilines is 2. The number of rotatable bonds is 7. The monoisotopic (exact) mass is 416 g/mol. The van der Waals surface area contributed by atoms with Crippen LogP contribution in [0.3, 0.4) is 0 Å². The van der Waals surface area contributed by atoms with Gasteiger partial charge in [0.25, 0.3) is 5.91 Å². The minimum Gasteiger partial charge on any atom is -0.441 e. The minimum atomic E-state index is -0.150. The summed E-state index contributed by atoms with van der Waals surface area (Å²) in [5.74, 6) is 0.452. The van der Waals surface area contributed by atoms with E-state index in [9.17, 15) is 4.79 Å².